The zero-order valence-electron chi connectivity index (χ0n) is 10.5. The predicted octanol–water partition coefficient (Wildman–Crippen LogP) is 2.84. The summed E-state index contributed by atoms with van der Waals surface area (Å²) in [5.74, 6) is -5.01. The van der Waals surface area contributed by atoms with E-state index in [2.05, 4.69) is 10.3 Å². The number of carbonyl (C=O) groups excluding carboxylic acids is 1. The maximum absolute atomic E-state index is 13.0. The van der Waals surface area contributed by atoms with Crippen LogP contribution in [0.5, 0.6) is 0 Å². The number of aromatic nitrogens is 1. The van der Waals surface area contributed by atoms with Crippen LogP contribution in [-0.2, 0) is 6.42 Å². The minimum absolute atomic E-state index is 0.253. The number of benzene rings is 1. The molecule has 1 heterocycles. The number of halogens is 3. The topological polar surface area (TPSA) is 42.0 Å². The van der Waals surface area contributed by atoms with Gasteiger partial charge in [-0.2, -0.15) is 0 Å². The average Bonchev–Trinajstić information content (AvgIpc) is 2.81. The van der Waals surface area contributed by atoms with Gasteiger partial charge in [0.05, 0.1) is 5.01 Å². The molecular weight excluding hydrogens is 289 g/mol. The minimum Gasteiger partial charge on any atom is -0.352 e. The lowest BCUT2D eigenvalue weighted by molar-refractivity contribution is 0.0953. The molecule has 0 saturated heterocycles. The minimum atomic E-state index is -1.58. The number of rotatable bonds is 4. The molecule has 1 aromatic carbocycles. The number of amides is 1. The van der Waals surface area contributed by atoms with Gasteiger partial charge >= 0.3 is 0 Å². The molecule has 0 aliphatic carbocycles. The van der Waals surface area contributed by atoms with E-state index in [9.17, 15) is 18.0 Å². The van der Waals surface area contributed by atoms with Gasteiger partial charge in [0, 0.05) is 29.6 Å². The highest BCUT2D eigenvalue weighted by molar-refractivity contribution is 7.09. The Bertz CT molecular complexity index is 619. The Morgan fingerprint density at radius 3 is 2.50 bits per heavy atom. The van der Waals surface area contributed by atoms with Gasteiger partial charge in [0.15, 0.2) is 17.5 Å². The molecule has 1 amide bonds. The molecule has 1 N–H and O–H groups in total. The third-order valence-electron chi connectivity index (χ3n) is 2.54. The number of nitrogens with zero attached hydrogens (tertiary/aromatic N) is 1. The molecule has 2 aromatic rings. The quantitative estimate of drug-likeness (QED) is 0.882. The number of carbonyl (C=O) groups is 1. The van der Waals surface area contributed by atoms with Crippen molar-refractivity contribution in [3.05, 3.63) is 51.2 Å². The van der Waals surface area contributed by atoms with Gasteiger partial charge in [-0.3, -0.25) is 4.79 Å². The molecule has 1 aromatic heterocycles. The first-order chi connectivity index (χ1) is 9.47. The van der Waals surface area contributed by atoms with E-state index in [0.29, 0.717) is 18.6 Å². The van der Waals surface area contributed by atoms with Crippen molar-refractivity contribution in [1.29, 1.82) is 0 Å². The average molecular weight is 300 g/mol. The molecule has 0 saturated carbocycles. The molecule has 0 aliphatic heterocycles. The van der Waals surface area contributed by atoms with Crippen molar-refractivity contribution in [1.82, 2.24) is 10.3 Å². The second-order valence-electron chi connectivity index (χ2n) is 4.14. The van der Waals surface area contributed by atoms with Crippen LogP contribution in [0, 0.1) is 24.4 Å². The van der Waals surface area contributed by atoms with Crippen LogP contribution in [0.2, 0.25) is 0 Å². The Morgan fingerprint density at radius 2 is 1.95 bits per heavy atom. The van der Waals surface area contributed by atoms with Gasteiger partial charge in [-0.15, -0.1) is 11.3 Å². The molecule has 20 heavy (non-hydrogen) atoms. The summed E-state index contributed by atoms with van der Waals surface area (Å²) in [6, 6.07) is 1.34. The number of hydrogen-bond acceptors (Lipinski definition) is 3. The number of nitrogens with one attached hydrogen (secondary N) is 1. The van der Waals surface area contributed by atoms with E-state index < -0.39 is 23.4 Å². The van der Waals surface area contributed by atoms with Gasteiger partial charge in [0.1, 0.15) is 0 Å². The van der Waals surface area contributed by atoms with Gasteiger partial charge in [0.25, 0.3) is 5.91 Å². The van der Waals surface area contributed by atoms with Crippen LogP contribution < -0.4 is 5.32 Å². The van der Waals surface area contributed by atoms with Crippen LogP contribution in [0.15, 0.2) is 17.5 Å². The Kier molecular flexibility index (Phi) is 4.39. The van der Waals surface area contributed by atoms with Gasteiger partial charge in [0.2, 0.25) is 0 Å². The highest BCUT2D eigenvalue weighted by atomic mass is 32.1. The highest BCUT2D eigenvalue weighted by Gasteiger charge is 2.14. The van der Waals surface area contributed by atoms with Crippen LogP contribution in [0.1, 0.15) is 21.1 Å². The predicted molar refractivity (Wildman–Crippen MR) is 69.2 cm³/mol. The molecule has 106 valence electrons. The standard InChI is InChI=1S/C13H11F3N2OS/c1-7-6-20-11(18-7)2-3-17-13(19)8-4-9(14)12(16)10(15)5-8/h4-6H,2-3H2,1H3,(H,17,19). The lowest BCUT2D eigenvalue weighted by Gasteiger charge is -2.05. The van der Waals surface area contributed by atoms with Gasteiger partial charge in [-0.05, 0) is 19.1 Å². The fourth-order valence-electron chi connectivity index (χ4n) is 1.59. The first-order valence-corrected chi connectivity index (χ1v) is 6.69. The van der Waals surface area contributed by atoms with E-state index in [4.69, 9.17) is 0 Å². The maximum Gasteiger partial charge on any atom is 0.251 e. The Morgan fingerprint density at radius 1 is 1.30 bits per heavy atom. The molecule has 3 nitrogen and oxygen atoms in total. The Labute approximate surface area is 117 Å². The van der Waals surface area contributed by atoms with Crippen LogP contribution in [0.3, 0.4) is 0 Å². The highest BCUT2D eigenvalue weighted by Crippen LogP contribution is 2.13. The van der Waals surface area contributed by atoms with Crippen LogP contribution in [0.25, 0.3) is 0 Å². The SMILES string of the molecule is Cc1csc(CCNC(=O)c2cc(F)c(F)c(F)c2)n1. The van der Waals surface area contributed by atoms with Crippen molar-refractivity contribution < 1.29 is 18.0 Å². The van der Waals surface area contributed by atoms with Crippen LogP contribution in [-0.4, -0.2) is 17.4 Å². The Balaban J connectivity index is 1.95. The van der Waals surface area contributed by atoms with E-state index in [0.717, 1.165) is 10.7 Å². The van der Waals surface area contributed by atoms with Crippen molar-refractivity contribution in [3.63, 3.8) is 0 Å². The van der Waals surface area contributed by atoms with Crippen LogP contribution in [0.4, 0.5) is 13.2 Å². The Hall–Kier alpha value is -1.89. The van der Waals surface area contributed by atoms with Gasteiger partial charge in [-0.25, -0.2) is 18.2 Å². The first kappa shape index (κ1) is 14.5. The van der Waals surface area contributed by atoms with Gasteiger partial charge in [-0.1, -0.05) is 0 Å². The van der Waals surface area contributed by atoms with Crippen molar-refractivity contribution >= 4 is 17.2 Å². The lowest BCUT2D eigenvalue weighted by atomic mass is 10.2. The third-order valence-corrected chi connectivity index (χ3v) is 3.56. The summed E-state index contributed by atoms with van der Waals surface area (Å²) in [7, 11) is 0. The van der Waals surface area contributed by atoms with Crippen molar-refractivity contribution in [2.75, 3.05) is 6.54 Å². The summed E-state index contributed by atoms with van der Waals surface area (Å²) in [4.78, 5) is 15.9. The lowest BCUT2D eigenvalue weighted by Crippen LogP contribution is -2.26. The zero-order valence-corrected chi connectivity index (χ0v) is 11.4. The summed E-state index contributed by atoms with van der Waals surface area (Å²) in [6.07, 6.45) is 0.524. The molecule has 2 rings (SSSR count). The molecule has 0 atom stereocenters. The fraction of sp³-hybridized carbons (Fsp3) is 0.231. The largest absolute Gasteiger partial charge is 0.352 e. The first-order valence-electron chi connectivity index (χ1n) is 5.81. The maximum atomic E-state index is 13.0. The van der Waals surface area contributed by atoms with E-state index in [1.807, 2.05) is 12.3 Å². The molecule has 7 heteroatoms. The summed E-state index contributed by atoms with van der Waals surface area (Å²) < 4.78 is 38.7. The second-order valence-corrected chi connectivity index (χ2v) is 5.09. The number of hydrogen-bond donors (Lipinski definition) is 1. The molecule has 0 radical (unpaired) electrons. The normalized spacial score (nSPS) is 10.6. The van der Waals surface area contributed by atoms with Gasteiger partial charge < -0.3 is 5.32 Å². The third kappa shape index (κ3) is 3.36. The molecule has 0 aliphatic rings. The zero-order chi connectivity index (χ0) is 14.7. The van der Waals surface area contributed by atoms with E-state index in [1.54, 1.807) is 0 Å². The molecule has 0 bridgehead atoms. The molecule has 0 fully saturated rings. The summed E-state index contributed by atoms with van der Waals surface area (Å²) in [5.41, 5.74) is 0.649. The number of aryl methyl sites for hydroxylation is 1. The summed E-state index contributed by atoms with van der Waals surface area (Å²) in [6.45, 7) is 2.15. The van der Waals surface area contributed by atoms with E-state index >= 15 is 0 Å². The molecule has 0 unspecified atom stereocenters. The summed E-state index contributed by atoms with van der Waals surface area (Å²) in [5, 5.41) is 5.25. The smallest absolute Gasteiger partial charge is 0.251 e. The molecule has 0 spiro atoms. The van der Waals surface area contributed by atoms with Crippen molar-refractivity contribution in [2.45, 2.75) is 13.3 Å². The molecular formula is C13H11F3N2OS. The van der Waals surface area contributed by atoms with E-state index in [1.165, 1.54) is 11.3 Å². The van der Waals surface area contributed by atoms with Crippen LogP contribution >= 0.6 is 11.3 Å². The number of thiazole rings is 1. The summed E-state index contributed by atoms with van der Waals surface area (Å²) >= 11 is 1.47. The fourth-order valence-corrected chi connectivity index (χ4v) is 2.37. The monoisotopic (exact) mass is 300 g/mol. The van der Waals surface area contributed by atoms with Crippen molar-refractivity contribution in [3.8, 4) is 0 Å². The van der Waals surface area contributed by atoms with Crippen molar-refractivity contribution in [2.24, 2.45) is 0 Å². The van der Waals surface area contributed by atoms with E-state index in [-0.39, 0.29) is 12.1 Å². The second kappa shape index (κ2) is 6.04.